The highest BCUT2D eigenvalue weighted by atomic mass is 32.2. The number of halogens is 2. The molecule has 0 aliphatic heterocycles. The summed E-state index contributed by atoms with van der Waals surface area (Å²) < 4.78 is 53.4. The average Bonchev–Trinajstić information content (AvgIpc) is 2.94. The molecule has 2 rings (SSSR count). The fourth-order valence-electron chi connectivity index (χ4n) is 1.77. The highest BCUT2D eigenvalue weighted by Gasteiger charge is 2.22. The number of nitrogens with two attached hydrogens (primary N) is 1. The van der Waals surface area contributed by atoms with Crippen molar-refractivity contribution in [2.45, 2.75) is 17.9 Å². The third kappa shape index (κ3) is 3.85. The predicted octanol–water partition coefficient (Wildman–Crippen LogP) is 2.01. The van der Waals surface area contributed by atoms with Crippen LogP contribution in [0.15, 0.2) is 34.5 Å². The zero-order chi connectivity index (χ0) is 15.5. The normalized spacial score (nSPS) is 11.8. The summed E-state index contributed by atoms with van der Waals surface area (Å²) in [6.07, 6.45) is 0.484. The molecule has 0 saturated heterocycles. The van der Waals surface area contributed by atoms with Crippen molar-refractivity contribution in [3.8, 4) is 0 Å². The van der Waals surface area contributed by atoms with E-state index in [4.69, 9.17) is 5.73 Å². The van der Waals surface area contributed by atoms with E-state index in [0.29, 0.717) is 6.42 Å². The molecule has 1 aromatic heterocycles. The van der Waals surface area contributed by atoms with Gasteiger partial charge in [-0.2, -0.15) is 0 Å². The molecule has 0 aliphatic rings. The summed E-state index contributed by atoms with van der Waals surface area (Å²) in [7, 11) is -4.12. The van der Waals surface area contributed by atoms with E-state index in [-0.39, 0.29) is 18.7 Å². The Morgan fingerprint density at radius 1 is 1.29 bits per heavy atom. The van der Waals surface area contributed by atoms with E-state index in [2.05, 4.69) is 4.72 Å². The third-order valence-corrected chi connectivity index (χ3v) is 5.22. The Labute approximate surface area is 125 Å². The number of sulfonamides is 1. The Balaban J connectivity index is 2.17. The quantitative estimate of drug-likeness (QED) is 0.850. The molecule has 0 bridgehead atoms. The maximum Gasteiger partial charge on any atom is 0.243 e. The van der Waals surface area contributed by atoms with Gasteiger partial charge in [0, 0.05) is 18.0 Å². The second-order valence-corrected chi connectivity index (χ2v) is 7.09. The highest BCUT2D eigenvalue weighted by Crippen LogP contribution is 2.20. The number of rotatable bonds is 6. The molecule has 0 fully saturated rings. The SMILES string of the molecule is NCc1cc(F)c(F)c(S(=O)(=O)NCCc2cccs2)c1. The van der Waals surface area contributed by atoms with Gasteiger partial charge in [-0.1, -0.05) is 6.07 Å². The first-order chi connectivity index (χ1) is 9.94. The molecule has 2 aromatic rings. The maximum atomic E-state index is 13.7. The van der Waals surface area contributed by atoms with E-state index in [1.165, 1.54) is 11.3 Å². The standard InChI is InChI=1S/C13H14F2N2O2S2/c14-11-6-9(8-16)7-12(13(11)15)21(18,19)17-4-3-10-2-1-5-20-10/h1-2,5-7,17H,3-4,8,16H2. The number of hydrogen-bond acceptors (Lipinski definition) is 4. The Bertz CT molecular complexity index is 716. The van der Waals surface area contributed by atoms with Gasteiger partial charge in [0.15, 0.2) is 11.6 Å². The minimum atomic E-state index is -4.12. The first-order valence-corrected chi connectivity index (χ1v) is 8.50. The van der Waals surface area contributed by atoms with Crippen LogP contribution in [0.4, 0.5) is 8.78 Å². The van der Waals surface area contributed by atoms with Gasteiger partial charge in [0.25, 0.3) is 0 Å². The van der Waals surface area contributed by atoms with Crippen molar-refractivity contribution < 1.29 is 17.2 Å². The lowest BCUT2D eigenvalue weighted by molar-refractivity contribution is 0.481. The monoisotopic (exact) mass is 332 g/mol. The van der Waals surface area contributed by atoms with Crippen LogP contribution in [0.25, 0.3) is 0 Å². The lowest BCUT2D eigenvalue weighted by Crippen LogP contribution is -2.27. The molecule has 8 heteroatoms. The summed E-state index contributed by atoms with van der Waals surface area (Å²) in [4.78, 5) is 0.286. The van der Waals surface area contributed by atoms with Crippen molar-refractivity contribution in [1.82, 2.24) is 4.72 Å². The molecular weight excluding hydrogens is 318 g/mol. The van der Waals surface area contributed by atoms with Gasteiger partial charge >= 0.3 is 0 Å². The van der Waals surface area contributed by atoms with Crippen LogP contribution in [0.5, 0.6) is 0 Å². The van der Waals surface area contributed by atoms with Crippen LogP contribution in [0, 0.1) is 11.6 Å². The smallest absolute Gasteiger partial charge is 0.243 e. The minimum Gasteiger partial charge on any atom is -0.326 e. The Morgan fingerprint density at radius 3 is 2.67 bits per heavy atom. The van der Waals surface area contributed by atoms with Crippen LogP contribution in [0.1, 0.15) is 10.4 Å². The van der Waals surface area contributed by atoms with Gasteiger partial charge in [-0.25, -0.2) is 21.9 Å². The zero-order valence-corrected chi connectivity index (χ0v) is 12.6. The summed E-state index contributed by atoms with van der Waals surface area (Å²) in [6.45, 7) is 0.0334. The number of benzene rings is 1. The zero-order valence-electron chi connectivity index (χ0n) is 11.0. The van der Waals surface area contributed by atoms with Crippen molar-refractivity contribution in [1.29, 1.82) is 0 Å². The number of hydrogen-bond donors (Lipinski definition) is 2. The third-order valence-electron chi connectivity index (χ3n) is 2.82. The van der Waals surface area contributed by atoms with Gasteiger partial charge in [0.05, 0.1) is 0 Å². The van der Waals surface area contributed by atoms with E-state index in [0.717, 1.165) is 17.0 Å². The molecule has 114 valence electrons. The predicted molar refractivity (Wildman–Crippen MR) is 77.5 cm³/mol. The van der Waals surface area contributed by atoms with E-state index in [1.54, 1.807) is 0 Å². The fraction of sp³-hybridized carbons (Fsp3) is 0.231. The molecule has 0 aliphatic carbocycles. The molecular formula is C13H14F2N2O2S2. The summed E-state index contributed by atoms with van der Waals surface area (Å²) >= 11 is 1.50. The Morgan fingerprint density at radius 2 is 2.05 bits per heavy atom. The fourth-order valence-corrected chi connectivity index (χ4v) is 3.65. The molecule has 0 atom stereocenters. The molecule has 1 heterocycles. The molecule has 1 aromatic carbocycles. The van der Waals surface area contributed by atoms with Gasteiger partial charge in [-0.3, -0.25) is 0 Å². The average molecular weight is 332 g/mol. The van der Waals surface area contributed by atoms with Gasteiger partial charge in [0.1, 0.15) is 4.90 Å². The largest absolute Gasteiger partial charge is 0.326 e. The molecule has 0 amide bonds. The van der Waals surface area contributed by atoms with Crippen molar-refractivity contribution in [2.24, 2.45) is 5.73 Å². The van der Waals surface area contributed by atoms with E-state index in [1.807, 2.05) is 17.5 Å². The lowest BCUT2D eigenvalue weighted by Gasteiger charge is -2.09. The first kappa shape index (κ1) is 16.0. The molecule has 21 heavy (non-hydrogen) atoms. The van der Waals surface area contributed by atoms with Crippen LogP contribution in [-0.2, 0) is 23.0 Å². The van der Waals surface area contributed by atoms with E-state index >= 15 is 0 Å². The van der Waals surface area contributed by atoms with Crippen LogP contribution in [-0.4, -0.2) is 15.0 Å². The van der Waals surface area contributed by atoms with Crippen molar-refractivity contribution in [2.75, 3.05) is 6.54 Å². The summed E-state index contributed by atoms with van der Waals surface area (Å²) in [5.41, 5.74) is 5.56. The van der Waals surface area contributed by atoms with E-state index in [9.17, 15) is 17.2 Å². The second kappa shape index (κ2) is 6.61. The van der Waals surface area contributed by atoms with Crippen molar-refractivity contribution in [3.63, 3.8) is 0 Å². The topological polar surface area (TPSA) is 72.2 Å². The van der Waals surface area contributed by atoms with Gasteiger partial charge in [-0.05, 0) is 35.6 Å². The lowest BCUT2D eigenvalue weighted by atomic mass is 10.2. The highest BCUT2D eigenvalue weighted by molar-refractivity contribution is 7.89. The molecule has 0 spiro atoms. The molecule has 3 N–H and O–H groups in total. The molecule has 0 saturated carbocycles. The number of thiophene rings is 1. The van der Waals surface area contributed by atoms with Crippen LogP contribution >= 0.6 is 11.3 Å². The van der Waals surface area contributed by atoms with Crippen LogP contribution in [0.3, 0.4) is 0 Å². The van der Waals surface area contributed by atoms with Gasteiger partial charge in [0.2, 0.25) is 10.0 Å². The van der Waals surface area contributed by atoms with Crippen LogP contribution < -0.4 is 10.5 Å². The maximum absolute atomic E-state index is 13.7. The molecule has 0 unspecified atom stereocenters. The summed E-state index contributed by atoms with van der Waals surface area (Å²) in [6, 6.07) is 5.66. The van der Waals surface area contributed by atoms with Gasteiger partial charge in [-0.15, -0.1) is 11.3 Å². The van der Waals surface area contributed by atoms with Crippen molar-refractivity contribution in [3.05, 3.63) is 51.7 Å². The van der Waals surface area contributed by atoms with Crippen molar-refractivity contribution >= 4 is 21.4 Å². The van der Waals surface area contributed by atoms with E-state index < -0.39 is 26.6 Å². The number of nitrogens with one attached hydrogen (secondary N) is 1. The summed E-state index contributed by atoms with van der Waals surface area (Å²) in [5.74, 6) is -2.62. The van der Waals surface area contributed by atoms with Gasteiger partial charge < -0.3 is 5.73 Å². The van der Waals surface area contributed by atoms with Crippen LogP contribution in [0.2, 0.25) is 0 Å². The Hall–Kier alpha value is -1.35. The second-order valence-electron chi connectivity index (χ2n) is 4.32. The molecule has 0 radical (unpaired) electrons. The first-order valence-electron chi connectivity index (χ1n) is 6.14. The Kier molecular flexibility index (Phi) is 5.04. The summed E-state index contributed by atoms with van der Waals surface area (Å²) in [5, 5.41) is 1.88. The molecule has 4 nitrogen and oxygen atoms in total. The minimum absolute atomic E-state index is 0.0745.